The van der Waals surface area contributed by atoms with E-state index in [1.165, 1.54) is 9.47 Å². The first-order chi connectivity index (χ1) is 10.9. The van der Waals surface area contributed by atoms with E-state index < -0.39 is 11.2 Å². The van der Waals surface area contributed by atoms with E-state index in [1.54, 1.807) is 11.9 Å². The highest BCUT2D eigenvalue weighted by Gasteiger charge is 2.19. The molecule has 1 amide bonds. The molecule has 8 nitrogen and oxygen atoms in total. The number of nitrogen functional groups attached to an aromatic ring is 1. The predicted octanol–water partition coefficient (Wildman–Crippen LogP) is 0.224. The zero-order chi connectivity index (χ0) is 17.6. The van der Waals surface area contributed by atoms with Crippen LogP contribution in [0.3, 0.4) is 0 Å². The van der Waals surface area contributed by atoms with Gasteiger partial charge in [0.25, 0.3) is 5.56 Å². The Balaban J connectivity index is 3.14. The van der Waals surface area contributed by atoms with E-state index in [0.29, 0.717) is 19.6 Å². The van der Waals surface area contributed by atoms with Gasteiger partial charge in [-0.2, -0.15) is 0 Å². The van der Waals surface area contributed by atoms with Crippen LogP contribution in [0.15, 0.2) is 9.59 Å². The van der Waals surface area contributed by atoms with Gasteiger partial charge in [0, 0.05) is 26.7 Å². The number of aromatic nitrogens is 2. The molecule has 1 heterocycles. The molecule has 0 aliphatic rings. The molecule has 1 rings (SSSR count). The zero-order valence-corrected chi connectivity index (χ0v) is 14.4. The fraction of sp³-hybridized carbons (Fsp3) is 0.667. The molecule has 0 aliphatic carbocycles. The third-order valence-corrected chi connectivity index (χ3v) is 3.82. The summed E-state index contributed by atoms with van der Waals surface area (Å²) in [5.74, 6) is 0.00431. The molecule has 130 valence electrons. The molecule has 0 bridgehead atoms. The molecule has 8 heteroatoms. The van der Waals surface area contributed by atoms with Gasteiger partial charge in [0.1, 0.15) is 11.5 Å². The third-order valence-electron chi connectivity index (χ3n) is 3.82. The summed E-state index contributed by atoms with van der Waals surface area (Å²) >= 11 is 0. The Morgan fingerprint density at radius 2 is 1.83 bits per heavy atom. The maximum atomic E-state index is 12.2. The molecule has 1 aromatic rings. The van der Waals surface area contributed by atoms with Crippen LogP contribution >= 0.6 is 0 Å². The number of hydrogen-bond acceptors (Lipinski definition) is 5. The van der Waals surface area contributed by atoms with Crippen molar-refractivity contribution >= 4 is 17.4 Å². The second-order valence-corrected chi connectivity index (χ2v) is 5.42. The molecule has 0 aliphatic heterocycles. The van der Waals surface area contributed by atoms with Crippen LogP contribution in [0.25, 0.3) is 0 Å². The van der Waals surface area contributed by atoms with Gasteiger partial charge < -0.3 is 15.5 Å². The highest BCUT2D eigenvalue weighted by atomic mass is 16.2. The highest BCUT2D eigenvalue weighted by molar-refractivity contribution is 5.82. The maximum absolute atomic E-state index is 12.2. The minimum atomic E-state index is -0.574. The fourth-order valence-corrected chi connectivity index (χ4v) is 2.44. The number of anilines is 2. The van der Waals surface area contributed by atoms with Crippen molar-refractivity contribution in [2.45, 2.75) is 40.2 Å². The van der Waals surface area contributed by atoms with Gasteiger partial charge in [0.05, 0.1) is 6.54 Å². The van der Waals surface area contributed by atoms with Crippen LogP contribution in [-0.4, -0.2) is 47.0 Å². The quantitative estimate of drug-likeness (QED) is 0.711. The van der Waals surface area contributed by atoms with Gasteiger partial charge in [0.2, 0.25) is 5.91 Å². The van der Waals surface area contributed by atoms with Crippen LogP contribution < -0.4 is 21.9 Å². The number of unbranched alkanes of at least 4 members (excludes halogenated alkanes) is 1. The average molecular weight is 325 g/mol. The van der Waals surface area contributed by atoms with Gasteiger partial charge in [-0.25, -0.2) is 4.79 Å². The standard InChI is InChI=1S/C15H27N5O3/c1-5-8-9-20-13(16)12(14(22)17-15(20)23)18(4)10-11(21)19(6-2)7-3/h5-10,16H2,1-4H3,(H,17,22,23). The maximum Gasteiger partial charge on any atom is 0.330 e. The summed E-state index contributed by atoms with van der Waals surface area (Å²) in [6.07, 6.45) is 1.67. The Hall–Kier alpha value is -2.25. The highest BCUT2D eigenvalue weighted by Crippen LogP contribution is 2.15. The number of aromatic amines is 1. The number of amides is 1. The Morgan fingerprint density at radius 3 is 2.35 bits per heavy atom. The van der Waals surface area contributed by atoms with Crippen molar-refractivity contribution in [3.63, 3.8) is 0 Å². The first kappa shape index (κ1) is 18.8. The molecule has 1 aromatic heterocycles. The lowest BCUT2D eigenvalue weighted by atomic mass is 10.3. The van der Waals surface area contributed by atoms with Crippen LogP contribution in [0.1, 0.15) is 33.6 Å². The van der Waals surface area contributed by atoms with Crippen molar-refractivity contribution in [3.05, 3.63) is 20.8 Å². The van der Waals surface area contributed by atoms with E-state index in [0.717, 1.165) is 12.8 Å². The number of nitrogens with one attached hydrogen (secondary N) is 1. The Bertz CT molecular complexity index is 645. The van der Waals surface area contributed by atoms with Crippen LogP contribution in [-0.2, 0) is 11.3 Å². The number of nitrogens with two attached hydrogens (primary N) is 1. The monoisotopic (exact) mass is 325 g/mol. The van der Waals surface area contributed by atoms with E-state index in [9.17, 15) is 14.4 Å². The SMILES string of the molecule is CCCCn1c(N)c(N(C)CC(=O)N(CC)CC)c(=O)[nH]c1=O. The van der Waals surface area contributed by atoms with Crippen molar-refractivity contribution in [1.29, 1.82) is 0 Å². The van der Waals surface area contributed by atoms with Crippen molar-refractivity contribution in [2.24, 2.45) is 0 Å². The molecule has 3 N–H and O–H groups in total. The van der Waals surface area contributed by atoms with Crippen molar-refractivity contribution in [1.82, 2.24) is 14.5 Å². The van der Waals surface area contributed by atoms with E-state index >= 15 is 0 Å². The van der Waals surface area contributed by atoms with Crippen LogP contribution in [0.2, 0.25) is 0 Å². The van der Waals surface area contributed by atoms with E-state index in [2.05, 4.69) is 4.98 Å². The van der Waals surface area contributed by atoms with E-state index in [4.69, 9.17) is 5.73 Å². The average Bonchev–Trinajstić information content (AvgIpc) is 2.47. The van der Waals surface area contributed by atoms with Crippen LogP contribution in [0, 0.1) is 0 Å². The lowest BCUT2D eigenvalue weighted by Gasteiger charge is -2.25. The number of H-pyrrole nitrogens is 1. The first-order valence-corrected chi connectivity index (χ1v) is 7.98. The number of nitrogens with zero attached hydrogens (tertiary/aromatic N) is 3. The van der Waals surface area contributed by atoms with Crippen LogP contribution in [0.4, 0.5) is 11.5 Å². The van der Waals surface area contributed by atoms with Gasteiger partial charge >= 0.3 is 5.69 Å². The normalized spacial score (nSPS) is 10.6. The lowest BCUT2D eigenvalue weighted by molar-refractivity contribution is -0.129. The minimum Gasteiger partial charge on any atom is -0.383 e. The molecule has 0 atom stereocenters. The molecular formula is C15H27N5O3. The Labute approximate surface area is 135 Å². The molecule has 0 saturated heterocycles. The van der Waals surface area contributed by atoms with Gasteiger partial charge in [-0.15, -0.1) is 0 Å². The zero-order valence-electron chi connectivity index (χ0n) is 14.4. The fourth-order valence-electron chi connectivity index (χ4n) is 2.44. The van der Waals surface area contributed by atoms with Crippen molar-refractivity contribution in [2.75, 3.05) is 37.3 Å². The smallest absolute Gasteiger partial charge is 0.330 e. The number of likely N-dealkylation sites (N-methyl/N-ethyl adjacent to an activating group) is 2. The molecule has 0 aromatic carbocycles. The summed E-state index contributed by atoms with van der Waals surface area (Å²) in [6.45, 7) is 7.46. The number of rotatable bonds is 8. The van der Waals surface area contributed by atoms with E-state index in [1.807, 2.05) is 20.8 Å². The number of hydrogen-bond donors (Lipinski definition) is 2. The molecule has 23 heavy (non-hydrogen) atoms. The summed E-state index contributed by atoms with van der Waals surface area (Å²) in [6, 6.07) is 0. The second-order valence-electron chi connectivity index (χ2n) is 5.42. The molecule has 0 unspecified atom stereocenters. The third kappa shape index (κ3) is 4.37. The lowest BCUT2D eigenvalue weighted by Crippen LogP contribution is -2.42. The van der Waals surface area contributed by atoms with Gasteiger partial charge in [-0.3, -0.25) is 19.1 Å². The van der Waals surface area contributed by atoms with Crippen molar-refractivity contribution < 1.29 is 4.79 Å². The molecule has 0 saturated carbocycles. The van der Waals surface area contributed by atoms with Gasteiger partial charge in [0.15, 0.2) is 0 Å². The summed E-state index contributed by atoms with van der Waals surface area (Å²) < 4.78 is 1.35. The van der Waals surface area contributed by atoms with Crippen molar-refractivity contribution in [3.8, 4) is 0 Å². The Kier molecular flexibility index (Phi) is 6.87. The largest absolute Gasteiger partial charge is 0.383 e. The molecular weight excluding hydrogens is 298 g/mol. The summed E-state index contributed by atoms with van der Waals surface area (Å²) in [4.78, 5) is 41.6. The number of carbonyl (C=O) groups is 1. The van der Waals surface area contributed by atoms with Gasteiger partial charge in [-0.1, -0.05) is 13.3 Å². The number of carbonyl (C=O) groups excluding carboxylic acids is 1. The van der Waals surface area contributed by atoms with Crippen LogP contribution in [0.5, 0.6) is 0 Å². The summed E-state index contributed by atoms with van der Waals surface area (Å²) in [7, 11) is 1.62. The van der Waals surface area contributed by atoms with E-state index in [-0.39, 0.29) is 24.0 Å². The predicted molar refractivity (Wildman–Crippen MR) is 91.8 cm³/mol. The molecule has 0 radical (unpaired) electrons. The molecule has 0 spiro atoms. The Morgan fingerprint density at radius 1 is 1.22 bits per heavy atom. The van der Waals surface area contributed by atoms with Gasteiger partial charge in [-0.05, 0) is 20.3 Å². The topological polar surface area (TPSA) is 104 Å². The first-order valence-electron chi connectivity index (χ1n) is 7.98. The molecule has 0 fully saturated rings. The summed E-state index contributed by atoms with van der Waals surface area (Å²) in [5.41, 5.74) is 5.08. The second kappa shape index (κ2) is 8.40. The minimum absolute atomic E-state index is 0.0287. The summed E-state index contributed by atoms with van der Waals surface area (Å²) in [5, 5.41) is 0.